The zero-order valence-corrected chi connectivity index (χ0v) is 18.7. The second-order valence-corrected chi connectivity index (χ2v) is 8.14. The molecule has 0 saturated carbocycles. The van der Waals surface area contributed by atoms with Crippen LogP contribution in [0.1, 0.15) is 22.9 Å². The Hall–Kier alpha value is -2.91. The maximum Gasteiger partial charge on any atom is 0.177 e. The smallest absolute Gasteiger partial charge is 0.177 e. The number of ether oxygens (including phenoxy) is 1. The molecule has 3 aromatic rings. The van der Waals surface area contributed by atoms with Crippen LogP contribution in [0.4, 0.5) is 11.5 Å². The molecular formula is C22H23Cl2N7O. The number of benzene rings is 1. The first-order valence-corrected chi connectivity index (χ1v) is 10.8. The van der Waals surface area contributed by atoms with Gasteiger partial charge in [0.05, 0.1) is 15.8 Å². The van der Waals surface area contributed by atoms with Crippen molar-refractivity contribution in [1.29, 1.82) is 5.41 Å². The molecule has 0 radical (unpaired) electrons. The van der Waals surface area contributed by atoms with E-state index in [-0.39, 0.29) is 5.71 Å². The van der Waals surface area contributed by atoms with Crippen molar-refractivity contribution in [1.82, 2.24) is 15.3 Å². The average molecular weight is 472 g/mol. The number of anilines is 2. The van der Waals surface area contributed by atoms with E-state index in [4.69, 9.17) is 44.8 Å². The van der Waals surface area contributed by atoms with E-state index in [2.05, 4.69) is 20.2 Å². The first-order valence-electron chi connectivity index (χ1n) is 10.1. The number of hydrogen-bond donors (Lipinski definition) is 4. The number of rotatable bonds is 6. The number of nitrogens with two attached hydrogens (primary N) is 2. The summed E-state index contributed by atoms with van der Waals surface area (Å²) in [7, 11) is 0. The van der Waals surface area contributed by atoms with Crippen LogP contribution in [0.25, 0.3) is 0 Å². The Bertz CT molecular complexity index is 1100. The zero-order chi connectivity index (χ0) is 22.7. The summed E-state index contributed by atoms with van der Waals surface area (Å²) >= 11 is 12.3. The van der Waals surface area contributed by atoms with Gasteiger partial charge in [0.25, 0.3) is 0 Å². The van der Waals surface area contributed by atoms with Crippen LogP contribution in [-0.2, 0) is 0 Å². The maximum absolute atomic E-state index is 8.66. The Labute approximate surface area is 196 Å². The molecule has 3 heterocycles. The minimum atomic E-state index is -0.913. The van der Waals surface area contributed by atoms with Crippen LogP contribution < -0.4 is 26.4 Å². The molecule has 2 aromatic heterocycles. The van der Waals surface area contributed by atoms with Crippen molar-refractivity contribution < 1.29 is 4.74 Å². The van der Waals surface area contributed by atoms with Gasteiger partial charge in [-0.2, -0.15) is 0 Å². The lowest BCUT2D eigenvalue weighted by atomic mass is 10.0. The molecule has 1 aromatic carbocycles. The molecule has 10 heteroatoms. The summed E-state index contributed by atoms with van der Waals surface area (Å²) in [6, 6.07) is 8.83. The van der Waals surface area contributed by atoms with Gasteiger partial charge in [-0.25, -0.2) is 4.98 Å². The highest BCUT2D eigenvalue weighted by molar-refractivity contribution is 6.35. The highest BCUT2D eigenvalue weighted by atomic mass is 35.5. The molecule has 1 saturated heterocycles. The molecule has 4 rings (SSSR count). The third-order valence-electron chi connectivity index (χ3n) is 5.21. The molecule has 8 nitrogen and oxygen atoms in total. The Morgan fingerprint density at radius 3 is 2.47 bits per heavy atom. The van der Waals surface area contributed by atoms with E-state index >= 15 is 0 Å². The summed E-state index contributed by atoms with van der Waals surface area (Å²) in [5.74, 6) is 1.32. The van der Waals surface area contributed by atoms with Gasteiger partial charge in [-0.05, 0) is 30.3 Å². The minimum absolute atomic E-state index is 0.237. The molecule has 1 atom stereocenters. The van der Waals surface area contributed by atoms with Gasteiger partial charge >= 0.3 is 0 Å². The summed E-state index contributed by atoms with van der Waals surface area (Å²) in [5.41, 5.74) is 14.6. The number of hydrogen-bond acceptors (Lipinski definition) is 8. The molecule has 166 valence electrons. The lowest BCUT2D eigenvalue weighted by Crippen LogP contribution is -2.43. The number of nitrogens with zero attached hydrogens (tertiary/aromatic N) is 3. The summed E-state index contributed by atoms with van der Waals surface area (Å²) in [6.07, 6.45) is 3.68. The Balaban J connectivity index is 1.54. The summed E-state index contributed by atoms with van der Waals surface area (Å²) in [5, 5.41) is 12.6. The third kappa shape index (κ3) is 4.78. The van der Waals surface area contributed by atoms with E-state index in [0.717, 1.165) is 32.0 Å². The lowest BCUT2D eigenvalue weighted by Gasteiger charge is -2.28. The van der Waals surface area contributed by atoms with Gasteiger partial charge in [0.1, 0.15) is 11.6 Å². The quantitative estimate of drug-likeness (QED) is 0.247. The molecule has 0 spiro atoms. The van der Waals surface area contributed by atoms with Gasteiger partial charge < -0.3 is 20.7 Å². The Kier molecular flexibility index (Phi) is 6.76. The number of piperazine rings is 1. The van der Waals surface area contributed by atoms with Crippen LogP contribution in [0.2, 0.25) is 10.0 Å². The molecule has 1 aliphatic heterocycles. The van der Waals surface area contributed by atoms with E-state index in [1.54, 1.807) is 24.4 Å². The Morgan fingerprint density at radius 2 is 1.81 bits per heavy atom. The fourth-order valence-corrected chi connectivity index (χ4v) is 4.07. The largest absolute Gasteiger partial charge is 0.471 e. The van der Waals surface area contributed by atoms with Gasteiger partial charge in [-0.15, -0.1) is 0 Å². The predicted molar refractivity (Wildman–Crippen MR) is 128 cm³/mol. The van der Waals surface area contributed by atoms with Crippen LogP contribution in [0.5, 0.6) is 5.75 Å². The van der Waals surface area contributed by atoms with Gasteiger partial charge in [0.2, 0.25) is 0 Å². The van der Waals surface area contributed by atoms with Gasteiger partial charge in [-0.1, -0.05) is 23.2 Å². The van der Waals surface area contributed by atoms with E-state index in [1.807, 2.05) is 12.1 Å². The standard InChI is InChI=1S/C22H23Cl2N7O/c23-16-11-29-12-17(24)20(16)22(27)32-14-2-3-18(25)15(9-14)21(26)13-1-4-19(30-10-13)31-7-5-28-6-8-31/h1-4,9-12,22,26,28H,5-8,25,27H2/t22-/m0/s1. The molecule has 6 N–H and O–H groups in total. The molecule has 32 heavy (non-hydrogen) atoms. The molecule has 0 aliphatic carbocycles. The molecule has 1 fully saturated rings. The molecule has 1 aliphatic rings. The van der Waals surface area contributed by atoms with E-state index < -0.39 is 6.23 Å². The van der Waals surface area contributed by atoms with E-state index in [9.17, 15) is 0 Å². The van der Waals surface area contributed by atoms with Crippen molar-refractivity contribution in [2.24, 2.45) is 5.73 Å². The van der Waals surface area contributed by atoms with Gasteiger partial charge in [-0.3, -0.25) is 16.1 Å². The van der Waals surface area contributed by atoms with Gasteiger partial charge in [0.15, 0.2) is 6.23 Å². The normalized spacial score (nSPS) is 14.8. The van der Waals surface area contributed by atoms with Crippen molar-refractivity contribution in [3.63, 3.8) is 0 Å². The van der Waals surface area contributed by atoms with Gasteiger partial charge in [0, 0.05) is 67.1 Å². The number of nitrogen functional groups attached to an aromatic ring is 1. The van der Waals surface area contributed by atoms with Crippen molar-refractivity contribution in [3.8, 4) is 5.75 Å². The van der Waals surface area contributed by atoms with Crippen molar-refractivity contribution in [3.05, 3.63) is 75.7 Å². The molecular weight excluding hydrogens is 449 g/mol. The minimum Gasteiger partial charge on any atom is -0.471 e. The monoisotopic (exact) mass is 471 g/mol. The van der Waals surface area contributed by atoms with Crippen LogP contribution in [0.15, 0.2) is 48.9 Å². The summed E-state index contributed by atoms with van der Waals surface area (Å²) in [4.78, 5) is 10.7. The predicted octanol–water partition coefficient (Wildman–Crippen LogP) is 3.23. The van der Waals surface area contributed by atoms with Crippen LogP contribution >= 0.6 is 23.2 Å². The second kappa shape index (κ2) is 9.70. The number of pyridine rings is 2. The number of nitrogens with one attached hydrogen (secondary N) is 2. The van der Waals surface area contributed by atoms with Crippen LogP contribution in [0, 0.1) is 5.41 Å². The highest BCUT2D eigenvalue weighted by Gasteiger charge is 2.18. The number of halogens is 2. The molecule has 0 bridgehead atoms. The topological polar surface area (TPSA) is 126 Å². The van der Waals surface area contributed by atoms with E-state index in [0.29, 0.717) is 38.2 Å². The first kappa shape index (κ1) is 22.3. The SMILES string of the molecule is N=C(c1ccc(N2CCNCC2)nc1)c1cc(O[C@H](N)c2c(Cl)cncc2Cl)ccc1N. The summed E-state index contributed by atoms with van der Waals surface area (Å²) < 4.78 is 5.84. The van der Waals surface area contributed by atoms with E-state index in [1.165, 1.54) is 12.4 Å². The average Bonchev–Trinajstić information content (AvgIpc) is 2.80. The lowest BCUT2D eigenvalue weighted by molar-refractivity contribution is 0.214. The number of aromatic nitrogens is 2. The summed E-state index contributed by atoms with van der Waals surface area (Å²) in [6.45, 7) is 3.67. The Morgan fingerprint density at radius 1 is 1.09 bits per heavy atom. The maximum atomic E-state index is 8.66. The first-order chi connectivity index (χ1) is 15.4. The fourth-order valence-electron chi connectivity index (χ4n) is 3.49. The molecule has 0 amide bonds. The van der Waals surface area contributed by atoms with Crippen molar-refractivity contribution in [2.45, 2.75) is 6.23 Å². The van der Waals surface area contributed by atoms with Crippen LogP contribution in [0.3, 0.4) is 0 Å². The van der Waals surface area contributed by atoms with Crippen LogP contribution in [-0.4, -0.2) is 41.9 Å². The van der Waals surface area contributed by atoms with Crippen molar-refractivity contribution in [2.75, 3.05) is 36.8 Å². The zero-order valence-electron chi connectivity index (χ0n) is 17.2. The second-order valence-electron chi connectivity index (χ2n) is 7.32. The third-order valence-corrected chi connectivity index (χ3v) is 5.81. The molecule has 0 unspecified atom stereocenters. The van der Waals surface area contributed by atoms with Crippen molar-refractivity contribution >= 4 is 40.4 Å². The highest BCUT2D eigenvalue weighted by Crippen LogP contribution is 2.31. The fraction of sp³-hybridized carbons (Fsp3) is 0.227.